The van der Waals surface area contributed by atoms with Gasteiger partial charge in [-0.1, -0.05) is 6.07 Å². The molecular weight excluding hydrogens is 474 g/mol. The molecule has 5 aromatic rings. The fourth-order valence-corrected chi connectivity index (χ4v) is 4.91. The standard InChI is InChI=1S/C26H25N7O2S/c27-25-23-24(32-33(26(23)31-15-30-25)18-3-2-10-28-12-18)17-6-8-19(9-7-17)35-21-5-1-4-20(11-21)34-14-22-13-29-16-36-22/h1,4-9,11,13,15-16,18,28H,2-3,10,12,14H2,(H2,27,30,31). The van der Waals surface area contributed by atoms with Gasteiger partial charge in [0.2, 0.25) is 0 Å². The Morgan fingerprint density at radius 1 is 1.08 bits per heavy atom. The van der Waals surface area contributed by atoms with Crippen molar-refractivity contribution >= 4 is 28.2 Å². The molecule has 10 heteroatoms. The van der Waals surface area contributed by atoms with Gasteiger partial charge in [0.05, 0.1) is 21.8 Å². The maximum Gasteiger partial charge on any atom is 0.164 e. The van der Waals surface area contributed by atoms with Crippen LogP contribution in [0.4, 0.5) is 5.82 Å². The molecule has 1 fully saturated rings. The summed E-state index contributed by atoms with van der Waals surface area (Å²) in [5.41, 5.74) is 10.5. The third kappa shape index (κ3) is 4.60. The first kappa shape index (κ1) is 22.4. The fraction of sp³-hybridized carbons (Fsp3) is 0.231. The van der Waals surface area contributed by atoms with Crippen LogP contribution in [0.3, 0.4) is 0 Å². The van der Waals surface area contributed by atoms with Gasteiger partial charge in [0.25, 0.3) is 0 Å². The lowest BCUT2D eigenvalue weighted by atomic mass is 10.1. The lowest BCUT2D eigenvalue weighted by molar-refractivity contribution is 0.308. The molecule has 6 rings (SSSR count). The highest BCUT2D eigenvalue weighted by atomic mass is 32.1. The minimum absolute atomic E-state index is 0.234. The molecular formula is C26H25N7O2S. The zero-order valence-corrected chi connectivity index (χ0v) is 20.3. The fourth-order valence-electron chi connectivity index (χ4n) is 4.41. The van der Waals surface area contributed by atoms with Crippen molar-refractivity contribution in [3.05, 3.63) is 71.4 Å². The molecule has 1 atom stereocenters. The van der Waals surface area contributed by atoms with E-state index < -0.39 is 0 Å². The van der Waals surface area contributed by atoms with Crippen LogP contribution >= 0.6 is 11.3 Å². The van der Waals surface area contributed by atoms with Crippen LogP contribution in [0.25, 0.3) is 22.3 Å². The zero-order valence-electron chi connectivity index (χ0n) is 19.5. The first-order valence-electron chi connectivity index (χ1n) is 11.8. The number of piperidine rings is 1. The molecule has 4 heterocycles. The molecule has 9 nitrogen and oxygen atoms in total. The smallest absolute Gasteiger partial charge is 0.164 e. The summed E-state index contributed by atoms with van der Waals surface area (Å²) in [6.07, 6.45) is 5.46. The number of hydrogen-bond acceptors (Lipinski definition) is 9. The molecule has 0 radical (unpaired) electrons. The zero-order chi connectivity index (χ0) is 24.3. The van der Waals surface area contributed by atoms with Crippen LogP contribution in [0.2, 0.25) is 0 Å². The monoisotopic (exact) mass is 499 g/mol. The molecule has 0 amide bonds. The van der Waals surface area contributed by atoms with E-state index in [4.69, 9.17) is 20.3 Å². The van der Waals surface area contributed by atoms with Crippen LogP contribution in [0.5, 0.6) is 17.2 Å². The number of nitrogens with zero attached hydrogens (tertiary/aromatic N) is 5. The Kier molecular flexibility index (Phi) is 6.18. The number of rotatable bonds is 7. The Hall–Kier alpha value is -4.02. The first-order valence-corrected chi connectivity index (χ1v) is 12.7. The van der Waals surface area contributed by atoms with Gasteiger partial charge in [-0.15, -0.1) is 11.3 Å². The van der Waals surface area contributed by atoms with E-state index >= 15 is 0 Å². The summed E-state index contributed by atoms with van der Waals surface area (Å²) in [7, 11) is 0. The second-order valence-electron chi connectivity index (χ2n) is 8.61. The summed E-state index contributed by atoms with van der Waals surface area (Å²) in [5.74, 6) is 2.58. The molecule has 2 aromatic carbocycles. The normalized spacial score (nSPS) is 15.7. The summed E-state index contributed by atoms with van der Waals surface area (Å²) < 4.78 is 13.9. The van der Waals surface area contributed by atoms with Gasteiger partial charge in [-0.05, 0) is 55.8 Å². The average Bonchev–Trinajstić information content (AvgIpc) is 3.58. The summed E-state index contributed by atoms with van der Waals surface area (Å²) in [5, 5.41) is 9.17. The van der Waals surface area contributed by atoms with Crippen molar-refractivity contribution in [2.75, 3.05) is 18.8 Å². The molecule has 3 N–H and O–H groups in total. The number of aromatic nitrogens is 5. The number of thiazole rings is 1. The Bertz CT molecular complexity index is 1460. The number of nitrogens with two attached hydrogens (primary N) is 1. The van der Waals surface area contributed by atoms with Gasteiger partial charge in [-0.25, -0.2) is 14.6 Å². The molecule has 0 spiro atoms. The number of nitrogens with one attached hydrogen (secondary N) is 1. The Morgan fingerprint density at radius 3 is 2.78 bits per heavy atom. The van der Waals surface area contributed by atoms with E-state index in [1.165, 1.54) is 6.33 Å². The van der Waals surface area contributed by atoms with E-state index in [0.29, 0.717) is 23.9 Å². The maximum absolute atomic E-state index is 6.28. The van der Waals surface area contributed by atoms with Crippen molar-refractivity contribution in [2.24, 2.45) is 0 Å². The highest BCUT2D eigenvalue weighted by molar-refractivity contribution is 7.09. The predicted molar refractivity (Wildman–Crippen MR) is 139 cm³/mol. The van der Waals surface area contributed by atoms with Gasteiger partial charge in [-0.2, -0.15) is 5.10 Å². The minimum Gasteiger partial charge on any atom is -0.488 e. The molecule has 1 unspecified atom stereocenters. The van der Waals surface area contributed by atoms with E-state index in [2.05, 4.69) is 20.3 Å². The van der Waals surface area contributed by atoms with Crippen molar-refractivity contribution < 1.29 is 9.47 Å². The van der Waals surface area contributed by atoms with Crippen LogP contribution in [0, 0.1) is 0 Å². The van der Waals surface area contributed by atoms with E-state index in [0.717, 1.165) is 58.8 Å². The van der Waals surface area contributed by atoms with Crippen LogP contribution in [0.15, 0.2) is 66.6 Å². The number of nitrogen functional groups attached to an aromatic ring is 1. The Labute approximate surface area is 211 Å². The van der Waals surface area contributed by atoms with Gasteiger partial charge >= 0.3 is 0 Å². The van der Waals surface area contributed by atoms with Gasteiger partial charge in [-0.3, -0.25) is 4.98 Å². The molecule has 1 saturated heterocycles. The number of hydrogen-bond donors (Lipinski definition) is 2. The summed E-state index contributed by atoms with van der Waals surface area (Å²) in [6, 6.07) is 15.6. The molecule has 0 saturated carbocycles. The van der Waals surface area contributed by atoms with Crippen LogP contribution in [0.1, 0.15) is 23.8 Å². The summed E-state index contributed by atoms with van der Waals surface area (Å²) in [6.45, 7) is 2.37. The van der Waals surface area contributed by atoms with Gasteiger partial charge in [0, 0.05) is 24.4 Å². The van der Waals surface area contributed by atoms with Crippen molar-refractivity contribution in [3.8, 4) is 28.5 Å². The topological polar surface area (TPSA) is 113 Å². The maximum atomic E-state index is 6.28. The number of fused-ring (bicyclic) bond motifs is 1. The number of ether oxygens (including phenoxy) is 2. The average molecular weight is 500 g/mol. The highest BCUT2D eigenvalue weighted by Gasteiger charge is 2.23. The highest BCUT2D eigenvalue weighted by Crippen LogP contribution is 2.34. The van der Waals surface area contributed by atoms with Gasteiger partial charge in [0.15, 0.2) is 5.65 Å². The third-order valence-electron chi connectivity index (χ3n) is 6.17. The Morgan fingerprint density at radius 2 is 1.97 bits per heavy atom. The van der Waals surface area contributed by atoms with Gasteiger partial charge < -0.3 is 20.5 Å². The minimum atomic E-state index is 0.234. The van der Waals surface area contributed by atoms with Gasteiger partial charge in [0.1, 0.15) is 41.7 Å². The predicted octanol–water partition coefficient (Wildman–Crippen LogP) is 4.83. The quantitative estimate of drug-likeness (QED) is 0.327. The largest absolute Gasteiger partial charge is 0.488 e. The molecule has 0 aliphatic carbocycles. The van der Waals surface area contributed by atoms with Crippen LogP contribution in [-0.4, -0.2) is 37.8 Å². The van der Waals surface area contributed by atoms with Crippen molar-refractivity contribution in [1.29, 1.82) is 0 Å². The Balaban J connectivity index is 1.23. The molecule has 182 valence electrons. The number of benzene rings is 2. The lowest BCUT2D eigenvalue weighted by Gasteiger charge is -2.23. The third-order valence-corrected chi connectivity index (χ3v) is 6.92. The van der Waals surface area contributed by atoms with E-state index in [-0.39, 0.29) is 6.04 Å². The molecule has 36 heavy (non-hydrogen) atoms. The van der Waals surface area contributed by atoms with E-state index in [9.17, 15) is 0 Å². The molecule has 1 aliphatic heterocycles. The second kappa shape index (κ2) is 9.92. The van der Waals surface area contributed by atoms with E-state index in [1.54, 1.807) is 16.8 Å². The van der Waals surface area contributed by atoms with Crippen molar-refractivity contribution in [2.45, 2.75) is 25.5 Å². The van der Waals surface area contributed by atoms with E-state index in [1.807, 2.05) is 59.4 Å². The van der Waals surface area contributed by atoms with Crippen molar-refractivity contribution in [3.63, 3.8) is 0 Å². The SMILES string of the molecule is Nc1ncnc2c1c(-c1ccc(Oc3cccc(OCc4cncs4)c3)cc1)nn2C1CCCNC1. The van der Waals surface area contributed by atoms with Crippen molar-refractivity contribution in [1.82, 2.24) is 30.0 Å². The van der Waals surface area contributed by atoms with Crippen LogP contribution < -0.4 is 20.5 Å². The first-order chi connectivity index (χ1) is 17.7. The molecule has 1 aliphatic rings. The molecule has 0 bridgehead atoms. The second-order valence-corrected chi connectivity index (χ2v) is 9.58. The molecule has 3 aromatic heterocycles. The summed E-state index contributed by atoms with van der Waals surface area (Å²) in [4.78, 5) is 13.9. The van der Waals surface area contributed by atoms with Crippen LogP contribution in [-0.2, 0) is 6.61 Å². The lowest BCUT2D eigenvalue weighted by Crippen LogP contribution is -2.32. The summed E-state index contributed by atoms with van der Waals surface area (Å²) >= 11 is 1.57. The number of anilines is 1.